The molecule has 0 spiro atoms. The van der Waals surface area contributed by atoms with Crippen molar-refractivity contribution in [1.82, 2.24) is 14.6 Å². The predicted molar refractivity (Wildman–Crippen MR) is 120 cm³/mol. The van der Waals surface area contributed by atoms with Gasteiger partial charge in [-0.2, -0.15) is 9.61 Å². The van der Waals surface area contributed by atoms with Crippen molar-refractivity contribution in [2.24, 2.45) is 0 Å². The van der Waals surface area contributed by atoms with Crippen molar-refractivity contribution in [1.29, 1.82) is 0 Å². The van der Waals surface area contributed by atoms with E-state index in [4.69, 9.17) is 31.2 Å². The second kappa shape index (κ2) is 7.88. The molecule has 1 N–H and O–H groups in total. The molecule has 7 heteroatoms. The van der Waals surface area contributed by atoms with Crippen molar-refractivity contribution in [3.63, 3.8) is 0 Å². The summed E-state index contributed by atoms with van der Waals surface area (Å²) in [5, 5.41) is 8.99. The van der Waals surface area contributed by atoms with Gasteiger partial charge in [-0.25, -0.2) is 4.98 Å². The number of hydrogen-bond acceptors (Lipinski definition) is 5. The fraction of sp³-hybridized carbons (Fsp3) is 0.217. The van der Waals surface area contributed by atoms with Crippen LogP contribution in [-0.2, 0) is 0 Å². The largest absolute Gasteiger partial charge is 0.493 e. The lowest BCUT2D eigenvalue weighted by Gasteiger charge is -2.10. The first-order valence-corrected chi connectivity index (χ1v) is 9.91. The number of halogens is 1. The quantitative estimate of drug-likeness (QED) is 0.444. The molecule has 0 radical (unpaired) electrons. The third-order valence-electron chi connectivity index (χ3n) is 5.05. The second-order valence-electron chi connectivity index (χ2n) is 7.15. The predicted octanol–water partition coefficient (Wildman–Crippen LogP) is 5.74. The number of methoxy groups -OCH3 is 2. The summed E-state index contributed by atoms with van der Waals surface area (Å²) < 4.78 is 12.6. The molecule has 0 fully saturated rings. The number of ether oxygens (including phenoxy) is 2. The number of aryl methyl sites for hydroxylation is 3. The molecule has 0 unspecified atom stereocenters. The fourth-order valence-electron chi connectivity index (χ4n) is 3.41. The van der Waals surface area contributed by atoms with Crippen molar-refractivity contribution in [2.45, 2.75) is 20.8 Å². The highest BCUT2D eigenvalue weighted by Crippen LogP contribution is 2.34. The number of aromatic nitrogens is 3. The van der Waals surface area contributed by atoms with Crippen LogP contribution in [0.15, 0.2) is 42.5 Å². The van der Waals surface area contributed by atoms with Crippen molar-refractivity contribution in [3.05, 3.63) is 64.3 Å². The molecular formula is C23H23ClN4O2. The number of hydrogen-bond donors (Lipinski definition) is 1. The summed E-state index contributed by atoms with van der Waals surface area (Å²) in [6.45, 7) is 5.97. The van der Waals surface area contributed by atoms with Gasteiger partial charge in [0.05, 0.1) is 19.9 Å². The highest BCUT2D eigenvalue weighted by Gasteiger charge is 2.17. The van der Waals surface area contributed by atoms with E-state index in [1.165, 1.54) is 0 Å². The fourth-order valence-corrected chi connectivity index (χ4v) is 3.59. The van der Waals surface area contributed by atoms with Gasteiger partial charge in [-0.1, -0.05) is 17.7 Å². The molecule has 4 rings (SSSR count). The molecule has 0 saturated heterocycles. The zero-order valence-electron chi connectivity index (χ0n) is 17.6. The Morgan fingerprint density at radius 3 is 2.40 bits per heavy atom. The van der Waals surface area contributed by atoms with Crippen molar-refractivity contribution >= 4 is 28.8 Å². The maximum absolute atomic E-state index is 6.30. The van der Waals surface area contributed by atoms with Crippen LogP contribution in [0.25, 0.3) is 16.9 Å². The molecule has 0 aliphatic carbocycles. The summed E-state index contributed by atoms with van der Waals surface area (Å²) in [7, 11) is 3.24. The van der Waals surface area contributed by atoms with Gasteiger partial charge in [0, 0.05) is 33.6 Å². The summed E-state index contributed by atoms with van der Waals surface area (Å²) in [5.74, 6) is 2.14. The van der Waals surface area contributed by atoms with Gasteiger partial charge in [-0.3, -0.25) is 0 Å². The third-order valence-corrected chi connectivity index (χ3v) is 5.46. The number of rotatable bonds is 5. The van der Waals surface area contributed by atoms with Gasteiger partial charge in [0.25, 0.3) is 0 Å². The minimum absolute atomic E-state index is 0.656. The number of anilines is 2. The van der Waals surface area contributed by atoms with Crippen LogP contribution in [0, 0.1) is 20.8 Å². The average Bonchev–Trinajstić information content (AvgIpc) is 3.07. The van der Waals surface area contributed by atoms with Crippen LogP contribution >= 0.6 is 11.6 Å². The Kier molecular flexibility index (Phi) is 5.26. The van der Waals surface area contributed by atoms with Crippen LogP contribution in [0.3, 0.4) is 0 Å². The Labute approximate surface area is 180 Å². The first-order valence-electron chi connectivity index (χ1n) is 9.54. The lowest BCUT2D eigenvalue weighted by Crippen LogP contribution is -2.02. The number of benzene rings is 2. The first-order chi connectivity index (χ1) is 14.4. The van der Waals surface area contributed by atoms with Crippen molar-refractivity contribution in [3.8, 4) is 22.8 Å². The highest BCUT2D eigenvalue weighted by molar-refractivity contribution is 6.31. The van der Waals surface area contributed by atoms with E-state index in [0.29, 0.717) is 16.5 Å². The molecule has 2 aromatic heterocycles. The van der Waals surface area contributed by atoms with Crippen molar-refractivity contribution < 1.29 is 9.47 Å². The highest BCUT2D eigenvalue weighted by atomic mass is 35.5. The minimum Gasteiger partial charge on any atom is -0.493 e. The molecule has 0 aliphatic heterocycles. The molecule has 2 heterocycles. The molecule has 154 valence electrons. The van der Waals surface area contributed by atoms with E-state index in [0.717, 1.165) is 45.2 Å². The normalized spacial score (nSPS) is 11.0. The van der Waals surface area contributed by atoms with Gasteiger partial charge >= 0.3 is 0 Å². The molecular weight excluding hydrogens is 400 g/mol. The Morgan fingerprint density at radius 2 is 1.70 bits per heavy atom. The Hall–Kier alpha value is -3.25. The average molecular weight is 423 g/mol. The Bertz CT molecular complexity index is 1250. The van der Waals surface area contributed by atoms with Gasteiger partial charge in [0.2, 0.25) is 0 Å². The Morgan fingerprint density at radius 1 is 0.933 bits per heavy atom. The van der Waals surface area contributed by atoms with Gasteiger partial charge < -0.3 is 14.8 Å². The molecule has 2 aromatic carbocycles. The van der Waals surface area contributed by atoms with E-state index in [-0.39, 0.29) is 0 Å². The SMILES string of the molecule is COc1ccc(-c2nn3c(Nc4ccc(C)c(Cl)c4)cc(C)nc3c2C)cc1OC. The summed E-state index contributed by atoms with van der Waals surface area (Å²) in [6, 6.07) is 13.6. The second-order valence-corrected chi connectivity index (χ2v) is 7.56. The minimum atomic E-state index is 0.656. The van der Waals surface area contributed by atoms with Crippen molar-refractivity contribution in [2.75, 3.05) is 19.5 Å². The van der Waals surface area contributed by atoms with Crippen LogP contribution in [-0.4, -0.2) is 28.8 Å². The molecule has 0 saturated carbocycles. The Balaban J connectivity index is 1.84. The molecule has 0 amide bonds. The summed E-state index contributed by atoms with van der Waals surface area (Å²) in [4.78, 5) is 4.71. The lowest BCUT2D eigenvalue weighted by molar-refractivity contribution is 0.355. The zero-order chi connectivity index (χ0) is 21.4. The summed E-state index contributed by atoms with van der Waals surface area (Å²) in [6.07, 6.45) is 0. The molecule has 0 aliphatic rings. The topological polar surface area (TPSA) is 60.7 Å². The van der Waals surface area contributed by atoms with Gasteiger partial charge in [-0.05, 0) is 56.7 Å². The smallest absolute Gasteiger partial charge is 0.161 e. The van der Waals surface area contributed by atoms with Crippen LogP contribution < -0.4 is 14.8 Å². The van der Waals surface area contributed by atoms with Crippen LogP contribution in [0.1, 0.15) is 16.8 Å². The first kappa shape index (κ1) is 20.0. The van der Waals surface area contributed by atoms with E-state index in [1.807, 2.05) is 67.8 Å². The van der Waals surface area contributed by atoms with Crippen LogP contribution in [0.4, 0.5) is 11.5 Å². The molecule has 30 heavy (non-hydrogen) atoms. The van der Waals surface area contributed by atoms with E-state index < -0.39 is 0 Å². The van der Waals surface area contributed by atoms with Gasteiger partial charge in [0.15, 0.2) is 17.1 Å². The third kappa shape index (κ3) is 3.55. The summed E-state index contributed by atoms with van der Waals surface area (Å²) >= 11 is 6.30. The lowest BCUT2D eigenvalue weighted by atomic mass is 10.1. The number of fused-ring (bicyclic) bond motifs is 1. The van der Waals surface area contributed by atoms with E-state index in [9.17, 15) is 0 Å². The molecule has 0 bridgehead atoms. The maximum Gasteiger partial charge on any atom is 0.161 e. The monoisotopic (exact) mass is 422 g/mol. The van der Waals surface area contributed by atoms with Crippen LogP contribution in [0.5, 0.6) is 11.5 Å². The van der Waals surface area contributed by atoms with E-state index >= 15 is 0 Å². The number of nitrogens with zero attached hydrogens (tertiary/aromatic N) is 3. The zero-order valence-corrected chi connectivity index (χ0v) is 18.3. The maximum atomic E-state index is 6.30. The van der Waals surface area contributed by atoms with E-state index in [1.54, 1.807) is 14.2 Å². The molecule has 6 nitrogen and oxygen atoms in total. The standard InChI is InChI=1S/C23H23ClN4O2/c1-13-6-8-17(12-18(13)24)26-21-10-14(2)25-23-15(3)22(27-28(21)23)16-7-9-19(29-4)20(11-16)30-5/h6-12,26H,1-5H3. The van der Waals surface area contributed by atoms with Gasteiger partial charge in [0.1, 0.15) is 5.82 Å². The van der Waals surface area contributed by atoms with E-state index in [2.05, 4.69) is 5.32 Å². The number of nitrogens with one attached hydrogen (secondary N) is 1. The van der Waals surface area contributed by atoms with Crippen LogP contribution in [0.2, 0.25) is 5.02 Å². The van der Waals surface area contributed by atoms with Gasteiger partial charge in [-0.15, -0.1) is 0 Å². The molecule has 0 atom stereocenters. The summed E-state index contributed by atoms with van der Waals surface area (Å²) in [5.41, 5.74) is 6.35. The molecule has 4 aromatic rings.